The molecular weight excluding hydrogens is 214 g/mol. The van der Waals surface area contributed by atoms with Crippen LogP contribution in [0.3, 0.4) is 0 Å². The van der Waals surface area contributed by atoms with Gasteiger partial charge < -0.3 is 9.84 Å². The average Bonchev–Trinajstić information content (AvgIpc) is 2.69. The second-order valence-electron chi connectivity index (χ2n) is 5.81. The van der Waals surface area contributed by atoms with Crippen molar-refractivity contribution >= 4 is 0 Å². The number of aliphatic hydroxyl groups excluding tert-OH is 1. The van der Waals surface area contributed by atoms with Gasteiger partial charge in [0.05, 0.1) is 12.7 Å². The summed E-state index contributed by atoms with van der Waals surface area (Å²) in [5, 5.41) is 9.62. The molecule has 0 radical (unpaired) electrons. The van der Waals surface area contributed by atoms with E-state index in [1.807, 2.05) is 6.92 Å². The van der Waals surface area contributed by atoms with Gasteiger partial charge in [-0.05, 0) is 45.1 Å². The van der Waals surface area contributed by atoms with Gasteiger partial charge in [-0.3, -0.25) is 4.90 Å². The SMILES string of the molecule is CC(O)CC1CCCCCN1CC1CCOC1. The fourth-order valence-corrected chi connectivity index (χ4v) is 3.20. The topological polar surface area (TPSA) is 32.7 Å². The van der Waals surface area contributed by atoms with Gasteiger partial charge in [-0.1, -0.05) is 12.8 Å². The maximum atomic E-state index is 9.62. The Morgan fingerprint density at radius 3 is 2.88 bits per heavy atom. The summed E-state index contributed by atoms with van der Waals surface area (Å²) in [5.41, 5.74) is 0. The Balaban J connectivity index is 1.88. The minimum Gasteiger partial charge on any atom is -0.393 e. The fourth-order valence-electron chi connectivity index (χ4n) is 3.20. The second kappa shape index (κ2) is 6.72. The summed E-state index contributed by atoms with van der Waals surface area (Å²) in [6.45, 7) is 6.20. The van der Waals surface area contributed by atoms with Crippen LogP contribution < -0.4 is 0 Å². The van der Waals surface area contributed by atoms with Crippen LogP contribution in [0.1, 0.15) is 45.4 Å². The molecule has 17 heavy (non-hydrogen) atoms. The van der Waals surface area contributed by atoms with E-state index in [0.29, 0.717) is 6.04 Å². The minimum absolute atomic E-state index is 0.166. The van der Waals surface area contributed by atoms with Crippen molar-refractivity contribution in [2.24, 2.45) is 5.92 Å². The lowest BCUT2D eigenvalue weighted by molar-refractivity contribution is 0.0968. The second-order valence-corrected chi connectivity index (χ2v) is 5.81. The van der Waals surface area contributed by atoms with E-state index in [4.69, 9.17) is 4.74 Å². The lowest BCUT2D eigenvalue weighted by Crippen LogP contribution is -2.40. The molecule has 2 aliphatic rings. The molecule has 0 aliphatic carbocycles. The standard InChI is InChI=1S/C14H27NO2/c1-12(16)9-14-5-3-2-4-7-15(14)10-13-6-8-17-11-13/h12-14,16H,2-11H2,1H3. The summed E-state index contributed by atoms with van der Waals surface area (Å²) in [6.07, 6.45) is 7.26. The van der Waals surface area contributed by atoms with Crippen molar-refractivity contribution in [3.05, 3.63) is 0 Å². The highest BCUT2D eigenvalue weighted by Gasteiger charge is 2.26. The van der Waals surface area contributed by atoms with Crippen LogP contribution in [0.25, 0.3) is 0 Å². The fraction of sp³-hybridized carbons (Fsp3) is 1.00. The van der Waals surface area contributed by atoms with Crippen LogP contribution in [0.2, 0.25) is 0 Å². The summed E-state index contributed by atoms with van der Waals surface area (Å²) < 4.78 is 5.47. The molecule has 0 aromatic carbocycles. The lowest BCUT2D eigenvalue weighted by atomic mass is 10.0. The molecule has 2 saturated heterocycles. The lowest BCUT2D eigenvalue weighted by Gasteiger charge is -2.32. The van der Waals surface area contributed by atoms with E-state index in [1.54, 1.807) is 0 Å². The number of aliphatic hydroxyl groups is 1. The van der Waals surface area contributed by atoms with E-state index >= 15 is 0 Å². The molecule has 1 N–H and O–H groups in total. The zero-order valence-electron chi connectivity index (χ0n) is 11.1. The van der Waals surface area contributed by atoms with E-state index in [-0.39, 0.29) is 6.10 Å². The van der Waals surface area contributed by atoms with Crippen LogP contribution in [0.15, 0.2) is 0 Å². The summed E-state index contributed by atoms with van der Waals surface area (Å²) in [6, 6.07) is 0.595. The zero-order valence-corrected chi connectivity index (χ0v) is 11.1. The van der Waals surface area contributed by atoms with Crippen molar-refractivity contribution in [3.8, 4) is 0 Å². The van der Waals surface area contributed by atoms with Gasteiger partial charge in [0.25, 0.3) is 0 Å². The van der Waals surface area contributed by atoms with Crippen molar-refractivity contribution in [2.75, 3.05) is 26.3 Å². The molecule has 3 unspecified atom stereocenters. The molecule has 0 aromatic heterocycles. The van der Waals surface area contributed by atoms with Crippen LogP contribution >= 0.6 is 0 Å². The Kier molecular flexibility index (Phi) is 5.26. The molecule has 0 amide bonds. The van der Waals surface area contributed by atoms with Crippen LogP contribution in [0.4, 0.5) is 0 Å². The molecule has 2 rings (SSSR count). The van der Waals surface area contributed by atoms with Crippen molar-refractivity contribution < 1.29 is 9.84 Å². The summed E-state index contributed by atoms with van der Waals surface area (Å²) in [5.74, 6) is 0.726. The molecule has 2 heterocycles. The smallest absolute Gasteiger partial charge is 0.0527 e. The first-order valence-electron chi connectivity index (χ1n) is 7.25. The van der Waals surface area contributed by atoms with Crippen molar-refractivity contribution in [1.82, 2.24) is 4.90 Å². The molecule has 0 saturated carbocycles. The highest BCUT2D eigenvalue weighted by Crippen LogP contribution is 2.23. The molecule has 3 atom stereocenters. The van der Waals surface area contributed by atoms with Crippen molar-refractivity contribution in [1.29, 1.82) is 0 Å². The molecule has 0 bridgehead atoms. The van der Waals surface area contributed by atoms with Gasteiger partial charge >= 0.3 is 0 Å². The summed E-state index contributed by atoms with van der Waals surface area (Å²) in [4.78, 5) is 2.62. The normalized spacial score (nSPS) is 33.5. The third-order valence-electron chi connectivity index (χ3n) is 4.13. The Labute approximate surface area is 105 Å². The first-order chi connectivity index (χ1) is 8.25. The van der Waals surface area contributed by atoms with Gasteiger partial charge in [0.15, 0.2) is 0 Å². The molecule has 3 nitrogen and oxygen atoms in total. The molecule has 0 spiro atoms. The highest BCUT2D eigenvalue weighted by molar-refractivity contribution is 4.80. The van der Waals surface area contributed by atoms with E-state index in [2.05, 4.69) is 4.90 Å². The predicted molar refractivity (Wildman–Crippen MR) is 69.1 cm³/mol. The quantitative estimate of drug-likeness (QED) is 0.817. The van der Waals surface area contributed by atoms with Crippen LogP contribution in [-0.4, -0.2) is 48.5 Å². The summed E-state index contributed by atoms with van der Waals surface area (Å²) >= 11 is 0. The maximum Gasteiger partial charge on any atom is 0.0527 e. The van der Waals surface area contributed by atoms with Crippen LogP contribution in [0.5, 0.6) is 0 Å². The number of hydrogen-bond acceptors (Lipinski definition) is 3. The Morgan fingerprint density at radius 2 is 2.18 bits per heavy atom. The largest absolute Gasteiger partial charge is 0.393 e. The zero-order chi connectivity index (χ0) is 12.1. The first kappa shape index (κ1) is 13.3. The molecule has 2 fully saturated rings. The number of hydrogen-bond donors (Lipinski definition) is 1. The molecule has 2 aliphatic heterocycles. The van der Waals surface area contributed by atoms with Gasteiger partial charge in [0.2, 0.25) is 0 Å². The number of ether oxygens (including phenoxy) is 1. The number of likely N-dealkylation sites (tertiary alicyclic amines) is 1. The van der Waals surface area contributed by atoms with Gasteiger partial charge in [0.1, 0.15) is 0 Å². The van der Waals surface area contributed by atoms with E-state index in [9.17, 15) is 5.11 Å². The van der Waals surface area contributed by atoms with Gasteiger partial charge in [-0.25, -0.2) is 0 Å². The monoisotopic (exact) mass is 241 g/mol. The molecule has 0 aromatic rings. The third kappa shape index (κ3) is 4.23. The first-order valence-corrected chi connectivity index (χ1v) is 7.25. The Bertz CT molecular complexity index is 214. The Morgan fingerprint density at radius 1 is 1.29 bits per heavy atom. The third-order valence-corrected chi connectivity index (χ3v) is 4.13. The van der Waals surface area contributed by atoms with Crippen LogP contribution in [-0.2, 0) is 4.74 Å². The van der Waals surface area contributed by atoms with Gasteiger partial charge in [0, 0.05) is 19.2 Å². The van der Waals surface area contributed by atoms with Gasteiger partial charge in [-0.2, -0.15) is 0 Å². The minimum atomic E-state index is -0.166. The summed E-state index contributed by atoms with van der Waals surface area (Å²) in [7, 11) is 0. The van der Waals surface area contributed by atoms with E-state index in [0.717, 1.165) is 25.6 Å². The number of rotatable bonds is 4. The maximum absolute atomic E-state index is 9.62. The highest BCUT2D eigenvalue weighted by atomic mass is 16.5. The molecular formula is C14H27NO2. The van der Waals surface area contributed by atoms with Crippen molar-refractivity contribution in [2.45, 2.75) is 57.6 Å². The van der Waals surface area contributed by atoms with E-state index < -0.39 is 0 Å². The molecule has 100 valence electrons. The van der Waals surface area contributed by atoms with Gasteiger partial charge in [-0.15, -0.1) is 0 Å². The number of nitrogens with zero attached hydrogens (tertiary/aromatic N) is 1. The average molecular weight is 241 g/mol. The molecule has 3 heteroatoms. The van der Waals surface area contributed by atoms with Crippen molar-refractivity contribution in [3.63, 3.8) is 0 Å². The van der Waals surface area contributed by atoms with Crippen LogP contribution in [0, 0.1) is 5.92 Å². The Hall–Kier alpha value is -0.120. The predicted octanol–water partition coefficient (Wildman–Crippen LogP) is 2.04. The van der Waals surface area contributed by atoms with E-state index in [1.165, 1.54) is 45.2 Å².